The van der Waals surface area contributed by atoms with Crippen LogP contribution in [0.2, 0.25) is 0 Å². The molecule has 2 aliphatic heterocycles. The van der Waals surface area contributed by atoms with Crippen LogP contribution in [0.5, 0.6) is 0 Å². The number of likely N-dealkylation sites (tertiary alicyclic amines) is 1. The number of anilines is 1. The molecular formula is C22H33N3O5S. The van der Waals surface area contributed by atoms with Crippen LogP contribution in [0.25, 0.3) is 0 Å². The van der Waals surface area contributed by atoms with E-state index in [1.54, 1.807) is 36.1 Å². The Bertz CT molecular complexity index is 872. The molecular weight excluding hydrogens is 418 g/mol. The Hall–Kier alpha value is -2.13. The van der Waals surface area contributed by atoms with Crippen LogP contribution in [0.3, 0.4) is 0 Å². The van der Waals surface area contributed by atoms with E-state index in [0.717, 1.165) is 25.9 Å². The zero-order chi connectivity index (χ0) is 22.4. The van der Waals surface area contributed by atoms with Crippen molar-refractivity contribution in [2.45, 2.75) is 45.6 Å². The highest BCUT2D eigenvalue weighted by Gasteiger charge is 2.30. The number of hydrogen-bond donors (Lipinski definition) is 0. The van der Waals surface area contributed by atoms with Gasteiger partial charge in [0, 0.05) is 31.2 Å². The van der Waals surface area contributed by atoms with Crippen molar-refractivity contribution in [3.05, 3.63) is 29.8 Å². The summed E-state index contributed by atoms with van der Waals surface area (Å²) in [5.41, 5.74) is 1.07. The number of hydrogen-bond acceptors (Lipinski definition) is 6. The molecule has 0 N–H and O–H groups in total. The Labute approximate surface area is 185 Å². The predicted molar refractivity (Wildman–Crippen MR) is 120 cm³/mol. The second-order valence-electron chi connectivity index (χ2n) is 8.02. The molecule has 0 unspecified atom stereocenters. The van der Waals surface area contributed by atoms with Crippen molar-refractivity contribution in [2.24, 2.45) is 0 Å². The summed E-state index contributed by atoms with van der Waals surface area (Å²) in [5, 5.41) is 0. The lowest BCUT2D eigenvalue weighted by atomic mass is 10.1. The summed E-state index contributed by atoms with van der Waals surface area (Å²) >= 11 is 0. The molecule has 3 rings (SSSR count). The van der Waals surface area contributed by atoms with Crippen LogP contribution >= 0.6 is 0 Å². The van der Waals surface area contributed by atoms with E-state index in [-0.39, 0.29) is 30.1 Å². The number of likely N-dealkylation sites (N-methyl/N-ethyl adjacent to an activating group) is 1. The maximum absolute atomic E-state index is 13.3. The zero-order valence-corrected chi connectivity index (χ0v) is 19.3. The molecule has 2 heterocycles. The van der Waals surface area contributed by atoms with Gasteiger partial charge in [-0.15, -0.1) is 0 Å². The van der Waals surface area contributed by atoms with E-state index < -0.39 is 10.0 Å². The Morgan fingerprint density at radius 3 is 2.48 bits per heavy atom. The van der Waals surface area contributed by atoms with Crippen molar-refractivity contribution in [2.75, 3.05) is 49.4 Å². The molecule has 0 spiro atoms. The van der Waals surface area contributed by atoms with Gasteiger partial charge in [0.05, 0.1) is 24.5 Å². The molecule has 0 aliphatic carbocycles. The van der Waals surface area contributed by atoms with Gasteiger partial charge in [0.15, 0.2) is 0 Å². The normalized spacial score (nSPS) is 20.7. The molecule has 31 heavy (non-hydrogen) atoms. The SMILES string of the molecule is CCOC(=O)CCN(C[C@H]1CCCN1CC)C(=O)c1ccc(N2CCCS2(=O)=O)cc1. The zero-order valence-electron chi connectivity index (χ0n) is 18.5. The second kappa shape index (κ2) is 10.5. The first-order valence-electron chi connectivity index (χ1n) is 11.1. The molecule has 0 aromatic heterocycles. The quantitative estimate of drug-likeness (QED) is 0.535. The average Bonchev–Trinajstić information content (AvgIpc) is 3.35. The topological polar surface area (TPSA) is 87.2 Å². The third-order valence-corrected chi connectivity index (χ3v) is 7.89. The van der Waals surface area contributed by atoms with Gasteiger partial charge in [0.1, 0.15) is 0 Å². The number of ether oxygens (including phenoxy) is 1. The van der Waals surface area contributed by atoms with Crippen molar-refractivity contribution >= 4 is 27.6 Å². The smallest absolute Gasteiger partial charge is 0.307 e. The number of nitrogens with zero attached hydrogens (tertiary/aromatic N) is 3. The number of rotatable bonds is 9. The summed E-state index contributed by atoms with van der Waals surface area (Å²) < 4.78 is 30.7. The van der Waals surface area contributed by atoms with Crippen molar-refractivity contribution in [1.82, 2.24) is 9.80 Å². The number of carbonyl (C=O) groups excluding carboxylic acids is 2. The van der Waals surface area contributed by atoms with Gasteiger partial charge in [-0.1, -0.05) is 6.92 Å². The van der Waals surface area contributed by atoms with Crippen LogP contribution in [-0.2, 0) is 19.6 Å². The molecule has 1 atom stereocenters. The van der Waals surface area contributed by atoms with Crippen molar-refractivity contribution in [1.29, 1.82) is 0 Å². The molecule has 1 aromatic carbocycles. The summed E-state index contributed by atoms with van der Waals surface area (Å²) in [5.74, 6) is -0.304. The van der Waals surface area contributed by atoms with Gasteiger partial charge in [0.25, 0.3) is 5.91 Å². The average molecular weight is 452 g/mol. The van der Waals surface area contributed by atoms with E-state index >= 15 is 0 Å². The molecule has 0 radical (unpaired) electrons. The number of amides is 1. The molecule has 2 aliphatic rings. The monoisotopic (exact) mass is 451 g/mol. The lowest BCUT2D eigenvalue weighted by Crippen LogP contribution is -2.44. The summed E-state index contributed by atoms with van der Waals surface area (Å²) in [6.07, 6.45) is 2.91. The first-order valence-corrected chi connectivity index (χ1v) is 12.8. The van der Waals surface area contributed by atoms with Crippen LogP contribution in [0.1, 0.15) is 49.9 Å². The van der Waals surface area contributed by atoms with Gasteiger partial charge in [-0.2, -0.15) is 0 Å². The van der Waals surface area contributed by atoms with Crippen LogP contribution < -0.4 is 4.31 Å². The first-order chi connectivity index (χ1) is 14.9. The van der Waals surface area contributed by atoms with E-state index in [9.17, 15) is 18.0 Å². The van der Waals surface area contributed by atoms with Crippen molar-refractivity contribution in [3.8, 4) is 0 Å². The standard InChI is InChI=1S/C22H33N3O5S/c1-3-23-13-5-7-20(23)17-24(15-12-21(26)30-4-2)22(27)18-8-10-19(11-9-18)25-14-6-16-31(25,28)29/h8-11,20H,3-7,12-17H2,1-2H3/t20-/m1/s1. The lowest BCUT2D eigenvalue weighted by molar-refractivity contribution is -0.143. The van der Waals surface area contributed by atoms with Crippen LogP contribution in [0.15, 0.2) is 24.3 Å². The third kappa shape index (κ3) is 5.77. The Kier molecular flexibility index (Phi) is 7.94. The minimum absolute atomic E-state index is 0.150. The molecule has 1 amide bonds. The van der Waals surface area contributed by atoms with E-state index in [0.29, 0.717) is 43.9 Å². The fourth-order valence-electron chi connectivity index (χ4n) is 4.39. The first kappa shape index (κ1) is 23.5. The number of benzene rings is 1. The number of sulfonamides is 1. The summed E-state index contributed by atoms with van der Waals surface area (Å²) in [6.45, 7) is 7.50. The Morgan fingerprint density at radius 1 is 1.13 bits per heavy atom. The predicted octanol–water partition coefficient (Wildman–Crippen LogP) is 2.11. The second-order valence-corrected chi connectivity index (χ2v) is 10.0. The molecule has 172 valence electrons. The van der Waals surface area contributed by atoms with Crippen molar-refractivity contribution < 1.29 is 22.7 Å². The minimum Gasteiger partial charge on any atom is -0.466 e. The highest BCUT2D eigenvalue weighted by atomic mass is 32.2. The van der Waals surface area contributed by atoms with E-state index in [1.807, 2.05) is 0 Å². The largest absolute Gasteiger partial charge is 0.466 e. The minimum atomic E-state index is -3.26. The fraction of sp³-hybridized carbons (Fsp3) is 0.636. The number of esters is 1. The Morgan fingerprint density at radius 2 is 1.87 bits per heavy atom. The maximum atomic E-state index is 13.3. The molecule has 9 heteroatoms. The van der Waals surface area contributed by atoms with Crippen LogP contribution in [0, 0.1) is 0 Å². The third-order valence-electron chi connectivity index (χ3n) is 6.02. The molecule has 2 fully saturated rings. The molecule has 1 aromatic rings. The molecule has 8 nitrogen and oxygen atoms in total. The van der Waals surface area contributed by atoms with Crippen LogP contribution in [-0.4, -0.2) is 81.2 Å². The summed E-state index contributed by atoms with van der Waals surface area (Å²) in [4.78, 5) is 29.3. The van der Waals surface area contributed by atoms with Gasteiger partial charge >= 0.3 is 5.97 Å². The van der Waals surface area contributed by atoms with Crippen LogP contribution in [0.4, 0.5) is 5.69 Å². The highest BCUT2D eigenvalue weighted by Crippen LogP contribution is 2.25. The van der Waals surface area contributed by atoms with Gasteiger partial charge in [-0.3, -0.25) is 18.8 Å². The Balaban J connectivity index is 1.74. The van der Waals surface area contributed by atoms with Gasteiger partial charge in [0.2, 0.25) is 10.0 Å². The molecule has 0 bridgehead atoms. The highest BCUT2D eigenvalue weighted by molar-refractivity contribution is 7.93. The van der Waals surface area contributed by atoms with E-state index in [1.165, 1.54) is 4.31 Å². The van der Waals surface area contributed by atoms with Crippen molar-refractivity contribution in [3.63, 3.8) is 0 Å². The van der Waals surface area contributed by atoms with E-state index in [4.69, 9.17) is 4.74 Å². The van der Waals surface area contributed by atoms with Gasteiger partial charge in [-0.25, -0.2) is 8.42 Å². The molecule has 2 saturated heterocycles. The summed E-state index contributed by atoms with van der Waals surface area (Å²) in [7, 11) is -3.26. The number of carbonyl (C=O) groups is 2. The lowest BCUT2D eigenvalue weighted by Gasteiger charge is -2.30. The molecule has 0 saturated carbocycles. The van der Waals surface area contributed by atoms with Gasteiger partial charge < -0.3 is 9.64 Å². The fourth-order valence-corrected chi connectivity index (χ4v) is 5.95. The summed E-state index contributed by atoms with van der Waals surface area (Å²) in [6, 6.07) is 7.01. The maximum Gasteiger partial charge on any atom is 0.307 e. The van der Waals surface area contributed by atoms with E-state index in [2.05, 4.69) is 11.8 Å². The van der Waals surface area contributed by atoms with Gasteiger partial charge in [-0.05, 0) is 63.5 Å².